The maximum Gasteiger partial charge on any atom is 0.472 e. The highest BCUT2D eigenvalue weighted by Crippen LogP contribution is 2.43. The molecule has 12 nitrogen and oxygen atoms in total. The molecular weight excluding hydrogens is 840 g/mol. The lowest BCUT2D eigenvalue weighted by atomic mass is 10.1. The summed E-state index contributed by atoms with van der Waals surface area (Å²) in [4.78, 5) is 34.6. The first-order chi connectivity index (χ1) is 30.2. The second kappa shape index (κ2) is 41.0. The topological polar surface area (TPSA) is 175 Å². The van der Waals surface area contributed by atoms with Crippen molar-refractivity contribution in [2.45, 2.75) is 172 Å². The summed E-state index contributed by atoms with van der Waals surface area (Å²) >= 11 is 1.25. The molecule has 0 aliphatic carbocycles. The Labute approximate surface area is 386 Å². The minimum absolute atomic E-state index is 0.0131. The summed E-state index contributed by atoms with van der Waals surface area (Å²) in [5.41, 5.74) is 6.27. The zero-order valence-corrected chi connectivity index (χ0v) is 41.4. The van der Waals surface area contributed by atoms with Crippen molar-refractivity contribution in [3.63, 3.8) is 0 Å². The number of carboxylic acids is 1. The third-order valence-corrected chi connectivity index (χ3v) is 12.2. The van der Waals surface area contributed by atoms with E-state index in [1.807, 2.05) is 45.4 Å². The van der Waals surface area contributed by atoms with Crippen molar-refractivity contribution >= 4 is 31.5 Å². The first-order valence-electron chi connectivity index (χ1n) is 23.7. The predicted octanol–water partition coefficient (Wildman–Crippen LogP) is 11.2. The van der Waals surface area contributed by atoms with Gasteiger partial charge in [0, 0.05) is 17.4 Å². The number of carbonyl (C=O) groups excluding carboxylic acids is 1. The minimum Gasteiger partial charge on any atom is -0.498 e. The second-order valence-corrected chi connectivity index (χ2v) is 19.7. The molecular formula is C49H88N2O10PS+. The molecule has 0 radical (unpaired) electrons. The van der Waals surface area contributed by atoms with Crippen molar-refractivity contribution in [1.29, 1.82) is 0 Å². The molecule has 0 rings (SSSR count). The fraction of sp³-hybridized carbons (Fsp3) is 0.714. The summed E-state index contributed by atoms with van der Waals surface area (Å²) in [5, 5.41) is 19.6. The SMILES string of the molecule is CCCCC/C=C\C\C=C/C=C/C=C/[C@@H](SC[C@H](N)C(=O)O[C@H](CO/C=C/CCCCCCCC/C=C\CCCCCC)COP(=O)(O)OCC[N+](C)(C)C)[C@@H](O)CCCC(=O)O. The summed E-state index contributed by atoms with van der Waals surface area (Å²) in [6.45, 7) is 4.28. The van der Waals surface area contributed by atoms with Gasteiger partial charge in [-0.3, -0.25) is 18.6 Å². The molecule has 0 saturated carbocycles. The minimum atomic E-state index is -4.46. The molecule has 0 fully saturated rings. The molecule has 63 heavy (non-hydrogen) atoms. The number of nitrogens with zero attached hydrogens (tertiary/aromatic N) is 1. The molecule has 0 saturated heterocycles. The third-order valence-electron chi connectivity index (χ3n) is 9.80. The number of allylic oxidation sites excluding steroid dienone is 10. The first kappa shape index (κ1) is 60.5. The molecule has 0 heterocycles. The standard InChI is InChI=1S/C49H87N2O10PS/c1-6-8-10-12-14-16-18-20-21-22-23-25-27-29-31-33-39-58-41-44(42-60-62(56,57)59-40-38-51(3,4)5)61-49(55)45(50)43-63-47(46(52)35-34-37-48(53)54)36-32-30-28-26-24-19-17-15-13-11-9-7-2/h15-18,24,26,28,30,32-33,36,39,44-47,52H,6-14,19-23,25,27,29,31,34-35,37-38,40-43,50H2,1-5H3,(H-,53,54,56,57)/p+1/b17-15-,18-16-,26-24-,30-28+,36-32+,39-33+/t44-,45+,46+,47-/m1/s1. The van der Waals surface area contributed by atoms with Gasteiger partial charge in [-0.25, -0.2) is 4.57 Å². The van der Waals surface area contributed by atoms with Gasteiger partial charge in [0.25, 0.3) is 0 Å². The predicted molar refractivity (Wildman–Crippen MR) is 261 cm³/mol. The Hall–Kier alpha value is -2.48. The number of unbranched alkanes of at least 4 members (excludes halogenated alkanes) is 14. The van der Waals surface area contributed by atoms with E-state index in [1.165, 1.54) is 88.8 Å². The van der Waals surface area contributed by atoms with Crippen molar-refractivity contribution in [3.05, 3.63) is 73.1 Å². The van der Waals surface area contributed by atoms with Crippen molar-refractivity contribution in [3.8, 4) is 0 Å². The highest BCUT2D eigenvalue weighted by molar-refractivity contribution is 8.00. The molecule has 0 aromatic carbocycles. The number of thioether (sulfide) groups is 1. The van der Waals surface area contributed by atoms with Crippen LogP contribution in [0.1, 0.15) is 149 Å². The summed E-state index contributed by atoms with van der Waals surface area (Å²) < 4.78 is 34.8. The molecule has 0 aromatic rings. The van der Waals surface area contributed by atoms with Crippen LogP contribution in [0.15, 0.2) is 73.1 Å². The normalized spacial score (nSPS) is 15.6. The number of hydrogen-bond acceptors (Lipinski definition) is 10. The molecule has 0 amide bonds. The highest BCUT2D eigenvalue weighted by Gasteiger charge is 2.28. The largest absolute Gasteiger partial charge is 0.498 e. The molecule has 0 aliphatic rings. The smallest absolute Gasteiger partial charge is 0.472 e. The Morgan fingerprint density at radius 1 is 0.730 bits per heavy atom. The van der Waals surface area contributed by atoms with Crippen molar-refractivity contribution in [1.82, 2.24) is 0 Å². The third kappa shape index (κ3) is 41.9. The maximum atomic E-state index is 13.2. The zero-order valence-electron chi connectivity index (χ0n) is 39.7. The number of esters is 1. The van der Waals surface area contributed by atoms with E-state index in [-0.39, 0.29) is 31.8 Å². The highest BCUT2D eigenvalue weighted by atomic mass is 32.2. The van der Waals surface area contributed by atoms with E-state index in [2.05, 4.69) is 44.2 Å². The number of phosphoric ester groups is 1. The molecule has 14 heteroatoms. The van der Waals surface area contributed by atoms with E-state index < -0.39 is 49.9 Å². The van der Waals surface area contributed by atoms with Crippen molar-refractivity contribution in [2.24, 2.45) is 5.73 Å². The van der Waals surface area contributed by atoms with Crippen LogP contribution < -0.4 is 5.73 Å². The molecule has 5 atom stereocenters. The van der Waals surface area contributed by atoms with Crippen LogP contribution in [0.3, 0.4) is 0 Å². The van der Waals surface area contributed by atoms with Gasteiger partial charge in [0.1, 0.15) is 25.8 Å². The lowest BCUT2D eigenvalue weighted by Crippen LogP contribution is -2.40. The summed E-state index contributed by atoms with van der Waals surface area (Å²) in [7, 11) is 1.32. The van der Waals surface area contributed by atoms with Crippen LogP contribution in [0.4, 0.5) is 0 Å². The van der Waals surface area contributed by atoms with Crippen LogP contribution in [0.5, 0.6) is 0 Å². The fourth-order valence-corrected chi connectivity index (χ4v) is 7.80. The average molecular weight is 928 g/mol. The average Bonchev–Trinajstić information content (AvgIpc) is 3.22. The van der Waals surface area contributed by atoms with E-state index in [1.54, 1.807) is 18.4 Å². The van der Waals surface area contributed by atoms with Crippen molar-refractivity contribution in [2.75, 3.05) is 53.3 Å². The number of quaternary nitrogens is 1. The van der Waals surface area contributed by atoms with E-state index in [9.17, 15) is 24.2 Å². The Balaban J connectivity index is 5.21. The van der Waals surface area contributed by atoms with Gasteiger partial charge in [0.15, 0.2) is 6.10 Å². The number of aliphatic carboxylic acids is 1. The Morgan fingerprint density at radius 3 is 1.94 bits per heavy atom. The number of hydrogen-bond donors (Lipinski definition) is 4. The van der Waals surface area contributed by atoms with E-state index >= 15 is 0 Å². The number of carboxylic acid groups (broad SMARTS) is 1. The first-order valence-corrected chi connectivity index (χ1v) is 26.2. The van der Waals surface area contributed by atoms with Crippen LogP contribution >= 0.6 is 19.6 Å². The lowest BCUT2D eigenvalue weighted by molar-refractivity contribution is -0.870. The molecule has 0 aliphatic heterocycles. The number of rotatable bonds is 43. The molecule has 0 spiro atoms. The number of ether oxygens (including phenoxy) is 2. The number of phosphoric acid groups is 1. The van der Waals surface area contributed by atoms with Crippen LogP contribution in [0.25, 0.3) is 0 Å². The Kier molecular flexibility index (Phi) is 39.4. The number of likely N-dealkylation sites (N-methyl/N-ethyl adjacent to an activating group) is 1. The lowest BCUT2D eigenvalue weighted by Gasteiger charge is -2.25. The second-order valence-electron chi connectivity index (χ2n) is 17.1. The Morgan fingerprint density at radius 2 is 1.30 bits per heavy atom. The summed E-state index contributed by atoms with van der Waals surface area (Å²) in [6, 6.07) is -1.11. The Bertz CT molecular complexity index is 1360. The van der Waals surface area contributed by atoms with Crippen LogP contribution in [-0.4, -0.2) is 108 Å². The number of carbonyl (C=O) groups is 2. The van der Waals surface area contributed by atoms with Gasteiger partial charge in [0.05, 0.1) is 40.1 Å². The van der Waals surface area contributed by atoms with Gasteiger partial charge in [-0.1, -0.05) is 132 Å². The zero-order chi connectivity index (χ0) is 46.9. The summed E-state index contributed by atoms with van der Waals surface area (Å²) in [5.74, 6) is -1.63. The maximum absolute atomic E-state index is 13.2. The molecule has 0 bridgehead atoms. The van der Waals surface area contributed by atoms with E-state index in [0.29, 0.717) is 17.4 Å². The van der Waals surface area contributed by atoms with Gasteiger partial charge in [-0.15, -0.1) is 11.8 Å². The number of aliphatic hydroxyl groups is 1. The molecule has 5 N–H and O–H groups in total. The summed E-state index contributed by atoms with van der Waals surface area (Å²) in [6.07, 6.45) is 43.4. The quantitative estimate of drug-likeness (QED) is 0.00868. The van der Waals surface area contributed by atoms with E-state index in [4.69, 9.17) is 29.4 Å². The number of aliphatic hydroxyl groups excluding tert-OH is 1. The van der Waals surface area contributed by atoms with Crippen molar-refractivity contribution < 1.29 is 52.3 Å². The molecule has 0 aromatic heterocycles. The molecule has 364 valence electrons. The van der Waals surface area contributed by atoms with Crippen LogP contribution in [-0.2, 0) is 32.7 Å². The van der Waals surface area contributed by atoms with Gasteiger partial charge in [0.2, 0.25) is 0 Å². The van der Waals surface area contributed by atoms with Gasteiger partial charge in [-0.2, -0.15) is 0 Å². The van der Waals surface area contributed by atoms with E-state index in [0.717, 1.165) is 38.5 Å². The fourth-order valence-electron chi connectivity index (χ4n) is 5.94. The van der Waals surface area contributed by atoms with Gasteiger partial charge < -0.3 is 34.8 Å². The number of nitrogens with two attached hydrogens (primary N) is 1. The van der Waals surface area contributed by atoms with Gasteiger partial charge in [-0.05, 0) is 76.7 Å². The van der Waals surface area contributed by atoms with Crippen LogP contribution in [0, 0.1) is 0 Å². The van der Waals surface area contributed by atoms with Crippen LogP contribution in [0.2, 0.25) is 0 Å². The monoisotopic (exact) mass is 928 g/mol. The van der Waals surface area contributed by atoms with Gasteiger partial charge >= 0.3 is 19.8 Å². The molecule has 1 unspecified atom stereocenters.